The van der Waals surface area contributed by atoms with E-state index in [9.17, 15) is 14.9 Å². The number of nitro groups is 1. The first-order valence-corrected chi connectivity index (χ1v) is 7.81. The van der Waals surface area contributed by atoms with E-state index in [1.54, 1.807) is 6.92 Å². The quantitative estimate of drug-likeness (QED) is 0.444. The lowest BCUT2D eigenvalue weighted by atomic mass is 9.94. The van der Waals surface area contributed by atoms with Crippen LogP contribution in [0.4, 0.5) is 0 Å². The number of hydrazine groups is 1. The number of rotatable bonds is 4. The summed E-state index contributed by atoms with van der Waals surface area (Å²) in [4.78, 5) is 23.0. The molecule has 132 valence electrons. The molecule has 1 aromatic carbocycles. The van der Waals surface area contributed by atoms with Crippen molar-refractivity contribution in [3.05, 3.63) is 45.5 Å². The summed E-state index contributed by atoms with van der Waals surface area (Å²) >= 11 is 0. The Labute approximate surface area is 146 Å². The Kier molecular flexibility index (Phi) is 6.11. The Bertz CT molecular complexity index is 615. The smallest absolute Gasteiger partial charge is 0.254 e. The minimum atomic E-state index is -0.971. The van der Waals surface area contributed by atoms with Crippen LogP contribution in [0.1, 0.15) is 24.1 Å². The number of carbonyl (C=O) groups excluding carboxylic acids is 1. The predicted octanol–water partition coefficient (Wildman–Crippen LogP) is -0.0784. The van der Waals surface area contributed by atoms with Crippen LogP contribution in [-0.2, 0) is 11.2 Å². The third-order valence-electron chi connectivity index (χ3n) is 4.54. The number of carbonyl (C=O) groups is 1. The standard InChI is InChI=1S/C15H21N5O3.ClH/c1-9-14(20(22)23)13(19-18-9)15(21)17-8-12-11-5-3-2-4-10(11)6-7-16-12;/h2-5,9,12-14,16,18-19H,6-8H2,1H3,(H,17,21);1H. The molecule has 4 N–H and O–H groups in total. The second-order valence-electron chi connectivity index (χ2n) is 6.03. The molecule has 2 heterocycles. The van der Waals surface area contributed by atoms with Crippen LogP contribution >= 0.6 is 12.4 Å². The maximum atomic E-state index is 12.3. The van der Waals surface area contributed by atoms with Crippen molar-refractivity contribution in [2.45, 2.75) is 37.5 Å². The van der Waals surface area contributed by atoms with Crippen molar-refractivity contribution in [1.82, 2.24) is 21.5 Å². The molecule has 1 saturated heterocycles. The normalized spacial score (nSPS) is 28.5. The van der Waals surface area contributed by atoms with Gasteiger partial charge in [0.15, 0.2) is 6.04 Å². The van der Waals surface area contributed by atoms with E-state index in [1.165, 1.54) is 11.1 Å². The highest BCUT2D eigenvalue weighted by Gasteiger charge is 2.46. The average molecular weight is 356 g/mol. The number of nitrogens with one attached hydrogen (secondary N) is 4. The largest absolute Gasteiger partial charge is 0.353 e. The van der Waals surface area contributed by atoms with Crippen LogP contribution in [0.5, 0.6) is 0 Å². The molecular formula is C15H22ClN5O3. The number of nitrogens with zero attached hydrogens (tertiary/aromatic N) is 1. The molecule has 3 rings (SSSR count). The summed E-state index contributed by atoms with van der Waals surface area (Å²) in [5.74, 6) is -0.353. The first-order valence-electron chi connectivity index (χ1n) is 7.81. The van der Waals surface area contributed by atoms with E-state index >= 15 is 0 Å². The zero-order valence-corrected chi connectivity index (χ0v) is 14.1. The van der Waals surface area contributed by atoms with Crippen molar-refractivity contribution in [1.29, 1.82) is 0 Å². The highest BCUT2D eigenvalue weighted by molar-refractivity contribution is 5.85. The molecule has 8 nitrogen and oxygen atoms in total. The van der Waals surface area contributed by atoms with Gasteiger partial charge in [-0.1, -0.05) is 24.3 Å². The van der Waals surface area contributed by atoms with Crippen LogP contribution in [0, 0.1) is 10.1 Å². The molecule has 0 aliphatic carbocycles. The van der Waals surface area contributed by atoms with Crippen LogP contribution < -0.4 is 21.5 Å². The van der Waals surface area contributed by atoms with Crippen molar-refractivity contribution < 1.29 is 9.72 Å². The third-order valence-corrected chi connectivity index (χ3v) is 4.54. The van der Waals surface area contributed by atoms with E-state index in [1.807, 2.05) is 12.1 Å². The van der Waals surface area contributed by atoms with E-state index < -0.39 is 23.0 Å². The summed E-state index contributed by atoms with van der Waals surface area (Å²) in [6, 6.07) is 5.94. The second-order valence-corrected chi connectivity index (χ2v) is 6.03. The van der Waals surface area contributed by atoms with E-state index in [0.717, 1.165) is 13.0 Å². The summed E-state index contributed by atoms with van der Waals surface area (Å²) in [5.41, 5.74) is 7.94. The molecule has 0 saturated carbocycles. The lowest BCUT2D eigenvalue weighted by molar-refractivity contribution is -0.523. The molecule has 0 spiro atoms. The van der Waals surface area contributed by atoms with Gasteiger partial charge in [-0.15, -0.1) is 12.4 Å². The van der Waals surface area contributed by atoms with Crippen LogP contribution in [0.15, 0.2) is 24.3 Å². The number of hydrogen-bond acceptors (Lipinski definition) is 6. The lowest BCUT2D eigenvalue weighted by Gasteiger charge is -2.27. The number of fused-ring (bicyclic) bond motifs is 1. The third kappa shape index (κ3) is 3.67. The highest BCUT2D eigenvalue weighted by atomic mass is 35.5. The topological polar surface area (TPSA) is 108 Å². The predicted molar refractivity (Wildman–Crippen MR) is 91.5 cm³/mol. The maximum absolute atomic E-state index is 12.3. The Morgan fingerprint density at radius 3 is 2.88 bits per heavy atom. The lowest BCUT2D eigenvalue weighted by Crippen LogP contribution is -2.51. The highest BCUT2D eigenvalue weighted by Crippen LogP contribution is 2.22. The fourth-order valence-electron chi connectivity index (χ4n) is 3.29. The second kappa shape index (κ2) is 7.89. The Morgan fingerprint density at radius 2 is 2.12 bits per heavy atom. The first kappa shape index (κ1) is 18.6. The summed E-state index contributed by atoms with van der Waals surface area (Å²) in [6.45, 7) is 2.95. The minimum Gasteiger partial charge on any atom is -0.353 e. The molecule has 0 bridgehead atoms. The van der Waals surface area contributed by atoms with Crippen LogP contribution in [0.2, 0.25) is 0 Å². The molecule has 4 atom stereocenters. The Balaban J connectivity index is 0.00000208. The fourth-order valence-corrected chi connectivity index (χ4v) is 3.29. The molecule has 4 unspecified atom stereocenters. The summed E-state index contributed by atoms with van der Waals surface area (Å²) in [5, 5.41) is 17.3. The molecule has 0 radical (unpaired) electrons. The zero-order valence-electron chi connectivity index (χ0n) is 13.3. The van der Waals surface area contributed by atoms with Gasteiger partial charge in [0.1, 0.15) is 0 Å². The van der Waals surface area contributed by atoms with Crippen LogP contribution in [0.25, 0.3) is 0 Å². The van der Waals surface area contributed by atoms with Gasteiger partial charge in [-0.3, -0.25) is 14.9 Å². The Morgan fingerprint density at radius 1 is 1.38 bits per heavy atom. The van der Waals surface area contributed by atoms with Gasteiger partial charge < -0.3 is 10.6 Å². The van der Waals surface area contributed by atoms with Crippen LogP contribution in [0.3, 0.4) is 0 Å². The first-order chi connectivity index (χ1) is 11.1. The molecule has 1 fully saturated rings. The number of halogens is 1. The van der Waals surface area contributed by atoms with Gasteiger partial charge >= 0.3 is 0 Å². The number of benzene rings is 1. The summed E-state index contributed by atoms with van der Waals surface area (Å²) < 4.78 is 0. The van der Waals surface area contributed by atoms with Crippen LogP contribution in [-0.4, -0.2) is 42.0 Å². The monoisotopic (exact) mass is 355 g/mol. The number of amides is 1. The van der Waals surface area contributed by atoms with Crippen molar-refractivity contribution >= 4 is 18.3 Å². The molecule has 1 amide bonds. The summed E-state index contributed by atoms with van der Waals surface area (Å²) in [7, 11) is 0. The van der Waals surface area contributed by atoms with E-state index in [-0.39, 0.29) is 24.4 Å². The minimum absolute atomic E-state index is 0. The van der Waals surface area contributed by atoms with Crippen molar-refractivity contribution in [2.24, 2.45) is 0 Å². The van der Waals surface area contributed by atoms with Gasteiger partial charge in [-0.25, -0.2) is 10.9 Å². The van der Waals surface area contributed by atoms with E-state index in [2.05, 4.69) is 33.6 Å². The van der Waals surface area contributed by atoms with Crippen molar-refractivity contribution in [2.75, 3.05) is 13.1 Å². The van der Waals surface area contributed by atoms with E-state index in [0.29, 0.717) is 6.54 Å². The van der Waals surface area contributed by atoms with Gasteiger partial charge in [0, 0.05) is 17.5 Å². The van der Waals surface area contributed by atoms with Gasteiger partial charge in [-0.05, 0) is 31.0 Å². The molecule has 9 heteroatoms. The molecule has 2 aliphatic heterocycles. The SMILES string of the molecule is CC1NNC(C(=O)NCC2NCCc3ccccc32)C1[N+](=O)[O-].Cl. The fraction of sp³-hybridized carbons (Fsp3) is 0.533. The van der Waals surface area contributed by atoms with Crippen molar-refractivity contribution in [3.8, 4) is 0 Å². The average Bonchev–Trinajstić information content (AvgIpc) is 2.94. The summed E-state index contributed by atoms with van der Waals surface area (Å²) in [6.07, 6.45) is 0.968. The van der Waals surface area contributed by atoms with Gasteiger partial charge in [0.2, 0.25) is 5.91 Å². The molecule has 1 aromatic rings. The van der Waals surface area contributed by atoms with Crippen molar-refractivity contribution in [3.63, 3.8) is 0 Å². The zero-order chi connectivity index (χ0) is 16.4. The van der Waals surface area contributed by atoms with E-state index in [4.69, 9.17) is 0 Å². The van der Waals surface area contributed by atoms with Gasteiger partial charge in [-0.2, -0.15) is 0 Å². The maximum Gasteiger partial charge on any atom is 0.254 e. The molecular weight excluding hydrogens is 334 g/mol. The number of hydrogen-bond donors (Lipinski definition) is 4. The van der Waals surface area contributed by atoms with Gasteiger partial charge in [0.05, 0.1) is 6.04 Å². The molecule has 2 aliphatic rings. The molecule has 0 aromatic heterocycles. The van der Waals surface area contributed by atoms with Gasteiger partial charge in [0.25, 0.3) is 6.04 Å². The molecule has 24 heavy (non-hydrogen) atoms. The Hall–Kier alpha value is -1.74.